The topological polar surface area (TPSA) is 23.8 Å². The van der Waals surface area contributed by atoms with Gasteiger partial charge in [0.1, 0.15) is 11.6 Å². The standard InChI is InChI=1S/C16H13F2N/c1-11(8-9-19)12-2-4-13(5-3-12)15-7-6-14(17)10-16(15)18/h2-7,10-11H,8H2,1H3. The predicted octanol–water partition coefficient (Wildman–Crippen LogP) is 4.65. The highest BCUT2D eigenvalue weighted by Crippen LogP contribution is 2.26. The molecule has 1 atom stereocenters. The fourth-order valence-corrected chi connectivity index (χ4v) is 1.97. The zero-order valence-electron chi connectivity index (χ0n) is 10.5. The first kappa shape index (κ1) is 13.2. The molecule has 96 valence electrons. The van der Waals surface area contributed by atoms with Gasteiger partial charge in [-0.3, -0.25) is 0 Å². The van der Waals surface area contributed by atoms with Crippen molar-refractivity contribution < 1.29 is 8.78 Å². The third-order valence-corrected chi connectivity index (χ3v) is 3.12. The lowest BCUT2D eigenvalue weighted by Gasteiger charge is -2.09. The van der Waals surface area contributed by atoms with Crippen molar-refractivity contribution in [2.24, 2.45) is 0 Å². The van der Waals surface area contributed by atoms with E-state index in [1.807, 2.05) is 19.1 Å². The molecule has 0 saturated heterocycles. The van der Waals surface area contributed by atoms with Gasteiger partial charge in [0.2, 0.25) is 0 Å². The molecule has 3 heteroatoms. The first-order valence-electron chi connectivity index (χ1n) is 6.04. The van der Waals surface area contributed by atoms with Crippen LogP contribution in [0.25, 0.3) is 11.1 Å². The molecule has 0 spiro atoms. The summed E-state index contributed by atoms with van der Waals surface area (Å²) in [5, 5.41) is 8.66. The molecule has 0 N–H and O–H groups in total. The van der Waals surface area contributed by atoms with Crippen molar-refractivity contribution in [1.82, 2.24) is 0 Å². The third kappa shape index (κ3) is 2.97. The van der Waals surface area contributed by atoms with Crippen LogP contribution in [0.2, 0.25) is 0 Å². The zero-order chi connectivity index (χ0) is 13.8. The summed E-state index contributed by atoms with van der Waals surface area (Å²) < 4.78 is 26.5. The Bertz CT molecular complexity index is 612. The molecule has 1 nitrogen and oxygen atoms in total. The Balaban J connectivity index is 2.30. The van der Waals surface area contributed by atoms with E-state index in [2.05, 4.69) is 6.07 Å². The van der Waals surface area contributed by atoms with Crippen molar-refractivity contribution in [3.63, 3.8) is 0 Å². The van der Waals surface area contributed by atoms with E-state index >= 15 is 0 Å². The molecular weight excluding hydrogens is 244 g/mol. The SMILES string of the molecule is CC(CC#N)c1ccc(-c2ccc(F)cc2F)cc1. The van der Waals surface area contributed by atoms with E-state index in [4.69, 9.17) is 5.26 Å². The summed E-state index contributed by atoms with van der Waals surface area (Å²) in [6.07, 6.45) is 0.449. The maximum atomic E-state index is 13.6. The molecule has 0 aliphatic heterocycles. The number of benzene rings is 2. The average molecular weight is 257 g/mol. The monoisotopic (exact) mass is 257 g/mol. The molecule has 1 unspecified atom stereocenters. The highest BCUT2D eigenvalue weighted by Gasteiger charge is 2.08. The zero-order valence-corrected chi connectivity index (χ0v) is 10.5. The molecule has 0 aliphatic rings. The van der Waals surface area contributed by atoms with E-state index in [1.165, 1.54) is 12.1 Å². The Morgan fingerprint density at radius 2 is 1.79 bits per heavy atom. The maximum Gasteiger partial charge on any atom is 0.133 e. The highest BCUT2D eigenvalue weighted by molar-refractivity contribution is 5.64. The Labute approximate surface area is 111 Å². The van der Waals surface area contributed by atoms with Gasteiger partial charge in [-0.1, -0.05) is 31.2 Å². The van der Waals surface area contributed by atoms with Crippen LogP contribution in [0.4, 0.5) is 8.78 Å². The molecule has 0 bridgehead atoms. The van der Waals surface area contributed by atoms with Crippen molar-refractivity contribution in [2.75, 3.05) is 0 Å². The van der Waals surface area contributed by atoms with Gasteiger partial charge in [-0.05, 0) is 29.2 Å². The second-order valence-electron chi connectivity index (χ2n) is 4.51. The molecule has 0 fully saturated rings. The van der Waals surface area contributed by atoms with Gasteiger partial charge in [-0.15, -0.1) is 0 Å². The summed E-state index contributed by atoms with van der Waals surface area (Å²) in [4.78, 5) is 0. The van der Waals surface area contributed by atoms with E-state index in [1.54, 1.807) is 12.1 Å². The summed E-state index contributed by atoms with van der Waals surface area (Å²) in [5.41, 5.74) is 2.11. The van der Waals surface area contributed by atoms with Crippen molar-refractivity contribution in [3.8, 4) is 17.2 Å². The molecule has 0 radical (unpaired) electrons. The Kier molecular flexibility index (Phi) is 3.91. The molecular formula is C16H13F2N. The van der Waals surface area contributed by atoms with Crippen molar-refractivity contribution >= 4 is 0 Å². The smallest absolute Gasteiger partial charge is 0.133 e. The summed E-state index contributed by atoms with van der Waals surface area (Å²) in [6, 6.07) is 13.0. The Morgan fingerprint density at radius 1 is 1.11 bits per heavy atom. The normalized spacial score (nSPS) is 11.9. The highest BCUT2D eigenvalue weighted by atomic mass is 19.1. The average Bonchev–Trinajstić information content (AvgIpc) is 2.39. The summed E-state index contributed by atoms with van der Waals surface area (Å²) >= 11 is 0. The minimum Gasteiger partial charge on any atom is -0.207 e. The first-order chi connectivity index (χ1) is 9.11. The molecule has 0 aromatic heterocycles. The molecule has 2 rings (SSSR count). The fourth-order valence-electron chi connectivity index (χ4n) is 1.97. The minimum atomic E-state index is -0.583. The van der Waals surface area contributed by atoms with Crippen LogP contribution in [0.5, 0.6) is 0 Å². The largest absolute Gasteiger partial charge is 0.207 e. The van der Waals surface area contributed by atoms with Gasteiger partial charge in [0.25, 0.3) is 0 Å². The van der Waals surface area contributed by atoms with Crippen LogP contribution in [0.15, 0.2) is 42.5 Å². The van der Waals surface area contributed by atoms with E-state index in [0.29, 0.717) is 17.5 Å². The molecule has 0 saturated carbocycles. The summed E-state index contributed by atoms with van der Waals surface area (Å²) in [5.74, 6) is -1.00. The predicted molar refractivity (Wildman–Crippen MR) is 70.4 cm³/mol. The van der Waals surface area contributed by atoms with Crippen LogP contribution in [0.1, 0.15) is 24.8 Å². The van der Waals surface area contributed by atoms with E-state index in [0.717, 1.165) is 11.6 Å². The molecule has 0 amide bonds. The number of nitriles is 1. The van der Waals surface area contributed by atoms with Crippen molar-refractivity contribution in [2.45, 2.75) is 19.3 Å². The van der Waals surface area contributed by atoms with Gasteiger partial charge < -0.3 is 0 Å². The number of hydrogen-bond acceptors (Lipinski definition) is 1. The fraction of sp³-hybridized carbons (Fsp3) is 0.188. The minimum absolute atomic E-state index is 0.150. The second kappa shape index (κ2) is 5.62. The molecule has 2 aromatic carbocycles. The van der Waals surface area contributed by atoms with Gasteiger partial charge in [-0.25, -0.2) is 8.78 Å². The molecule has 0 heterocycles. The lowest BCUT2D eigenvalue weighted by Crippen LogP contribution is -1.92. The first-order valence-corrected chi connectivity index (χ1v) is 6.04. The number of halogens is 2. The van der Waals surface area contributed by atoms with Gasteiger partial charge in [0.15, 0.2) is 0 Å². The Morgan fingerprint density at radius 3 is 2.37 bits per heavy atom. The lowest BCUT2D eigenvalue weighted by atomic mass is 9.95. The van der Waals surface area contributed by atoms with Crippen molar-refractivity contribution in [3.05, 3.63) is 59.7 Å². The lowest BCUT2D eigenvalue weighted by molar-refractivity contribution is 0.585. The van der Waals surface area contributed by atoms with Crippen LogP contribution >= 0.6 is 0 Å². The number of nitrogens with zero attached hydrogens (tertiary/aromatic N) is 1. The second-order valence-corrected chi connectivity index (χ2v) is 4.51. The number of rotatable bonds is 3. The van der Waals surface area contributed by atoms with Crippen LogP contribution in [0.3, 0.4) is 0 Å². The summed E-state index contributed by atoms with van der Waals surface area (Å²) in [7, 11) is 0. The molecule has 2 aromatic rings. The van der Waals surface area contributed by atoms with Gasteiger partial charge >= 0.3 is 0 Å². The van der Waals surface area contributed by atoms with Crippen LogP contribution in [0, 0.1) is 23.0 Å². The van der Waals surface area contributed by atoms with E-state index in [9.17, 15) is 8.78 Å². The molecule has 19 heavy (non-hydrogen) atoms. The molecule has 0 aliphatic carbocycles. The van der Waals surface area contributed by atoms with Crippen LogP contribution in [-0.4, -0.2) is 0 Å². The summed E-state index contributed by atoms with van der Waals surface area (Å²) in [6.45, 7) is 1.97. The Hall–Kier alpha value is -2.21. The van der Waals surface area contributed by atoms with Gasteiger partial charge in [-0.2, -0.15) is 5.26 Å². The van der Waals surface area contributed by atoms with E-state index in [-0.39, 0.29) is 5.92 Å². The van der Waals surface area contributed by atoms with Crippen molar-refractivity contribution in [1.29, 1.82) is 5.26 Å². The van der Waals surface area contributed by atoms with Crippen LogP contribution < -0.4 is 0 Å². The van der Waals surface area contributed by atoms with Gasteiger partial charge in [0, 0.05) is 18.1 Å². The quantitative estimate of drug-likeness (QED) is 0.785. The maximum absolute atomic E-state index is 13.6. The van der Waals surface area contributed by atoms with Gasteiger partial charge in [0.05, 0.1) is 6.07 Å². The van der Waals surface area contributed by atoms with Crippen LogP contribution in [-0.2, 0) is 0 Å². The third-order valence-electron chi connectivity index (χ3n) is 3.12. The van der Waals surface area contributed by atoms with E-state index < -0.39 is 11.6 Å². The number of hydrogen-bond donors (Lipinski definition) is 0.